The number of rotatable bonds is 3. The van der Waals surface area contributed by atoms with E-state index in [0.717, 1.165) is 5.75 Å². The first-order valence-corrected chi connectivity index (χ1v) is 5.89. The Kier molecular flexibility index (Phi) is 6.22. The molecule has 0 heterocycles. The third-order valence-electron chi connectivity index (χ3n) is 1.05. The summed E-state index contributed by atoms with van der Waals surface area (Å²) in [5, 5.41) is 0. The van der Waals surface area contributed by atoms with Gasteiger partial charge in [-0.1, -0.05) is 27.2 Å². The molecule has 0 fully saturated rings. The van der Waals surface area contributed by atoms with Crippen molar-refractivity contribution >= 4 is 9.04 Å². The molecule has 0 aliphatic rings. The van der Waals surface area contributed by atoms with Gasteiger partial charge in [-0.2, -0.15) is 13.1 Å². The molecule has 0 spiro atoms. The summed E-state index contributed by atoms with van der Waals surface area (Å²) in [6, 6.07) is 9.50. The minimum atomic E-state index is -0.754. The summed E-state index contributed by atoms with van der Waals surface area (Å²) in [4.78, 5) is 5.01. The molecule has 0 radical (unpaired) electrons. The Bertz CT molecular complexity index is 203. The van der Waals surface area contributed by atoms with Crippen molar-refractivity contribution < 1.29 is 28.3 Å². The Labute approximate surface area is 86.7 Å². The molecule has 1 aromatic carbocycles. The van der Waals surface area contributed by atoms with E-state index in [2.05, 4.69) is 0 Å². The summed E-state index contributed by atoms with van der Waals surface area (Å²) in [7, 11) is -0.754. The van der Waals surface area contributed by atoms with Crippen molar-refractivity contribution in [3.8, 4) is 5.75 Å². The van der Waals surface area contributed by atoms with E-state index in [4.69, 9.17) is 9.46 Å². The molecule has 0 N–H and O–H groups in total. The molecular formula is C8H11LiO2Si. The summed E-state index contributed by atoms with van der Waals surface area (Å²) < 4.78 is 5.03. The van der Waals surface area contributed by atoms with Gasteiger partial charge in [0.1, 0.15) is 0 Å². The van der Waals surface area contributed by atoms with E-state index in [0.29, 0.717) is 0 Å². The summed E-state index contributed by atoms with van der Waals surface area (Å²) in [5.41, 5.74) is 0. The fourth-order valence-corrected chi connectivity index (χ4v) is 0.870. The van der Waals surface area contributed by atoms with E-state index < -0.39 is 9.04 Å². The van der Waals surface area contributed by atoms with Crippen LogP contribution in [0.25, 0.3) is 0 Å². The van der Waals surface area contributed by atoms with Crippen LogP contribution in [0.2, 0.25) is 13.1 Å². The zero-order chi connectivity index (χ0) is 8.10. The largest absolute Gasteiger partial charge is 1.00 e. The topological polar surface area (TPSA) is 18.5 Å². The van der Waals surface area contributed by atoms with E-state index >= 15 is 0 Å². The second kappa shape index (κ2) is 6.33. The van der Waals surface area contributed by atoms with Gasteiger partial charge in [0, 0.05) is 0 Å². The molecule has 0 saturated carbocycles. The minimum absolute atomic E-state index is 0. The van der Waals surface area contributed by atoms with Crippen LogP contribution in [0.4, 0.5) is 0 Å². The van der Waals surface area contributed by atoms with Gasteiger partial charge in [-0.05, 0) is 12.1 Å². The van der Waals surface area contributed by atoms with Gasteiger partial charge in [-0.25, -0.2) is 0 Å². The van der Waals surface area contributed by atoms with Crippen LogP contribution < -0.4 is 23.7 Å². The first-order valence-electron chi connectivity index (χ1n) is 3.49. The molecular weight excluding hydrogens is 163 g/mol. The van der Waals surface area contributed by atoms with Crippen molar-refractivity contribution in [2.45, 2.75) is 13.1 Å². The maximum atomic E-state index is 5.03. The summed E-state index contributed by atoms with van der Waals surface area (Å²) in [6.45, 7) is 4.04. The van der Waals surface area contributed by atoms with Gasteiger partial charge >= 0.3 is 18.9 Å². The van der Waals surface area contributed by atoms with Gasteiger partial charge in [0.15, 0.2) is 5.75 Å². The molecule has 0 aliphatic heterocycles. The Morgan fingerprint density at radius 3 is 2.17 bits per heavy atom. The number of hydrogen-bond donors (Lipinski definition) is 0. The van der Waals surface area contributed by atoms with Crippen LogP contribution in [-0.2, 0) is 4.58 Å². The SMILES string of the molecule is C[Si-](C)OOc1ccccc1.[Li+]. The number of para-hydroxylation sites is 1. The van der Waals surface area contributed by atoms with Gasteiger partial charge in [-0.15, -0.1) is 0 Å². The van der Waals surface area contributed by atoms with Crippen molar-refractivity contribution in [2.24, 2.45) is 0 Å². The Hall–Kier alpha value is -0.206. The second-order valence-electron chi connectivity index (χ2n) is 2.39. The van der Waals surface area contributed by atoms with Gasteiger partial charge < -0.3 is 9.46 Å². The monoisotopic (exact) mass is 174 g/mol. The van der Waals surface area contributed by atoms with E-state index in [-0.39, 0.29) is 18.9 Å². The van der Waals surface area contributed by atoms with Crippen molar-refractivity contribution in [1.82, 2.24) is 0 Å². The maximum absolute atomic E-state index is 5.03. The van der Waals surface area contributed by atoms with E-state index in [9.17, 15) is 0 Å². The predicted octanol–water partition coefficient (Wildman–Crippen LogP) is -0.748. The average Bonchev–Trinajstić information content (AvgIpc) is 2.03. The third-order valence-corrected chi connectivity index (χ3v) is 1.46. The van der Waals surface area contributed by atoms with Crippen molar-refractivity contribution in [1.29, 1.82) is 0 Å². The van der Waals surface area contributed by atoms with Gasteiger partial charge in [-0.3, -0.25) is 0 Å². The number of benzene rings is 1. The zero-order valence-corrected chi connectivity index (χ0v) is 8.70. The Balaban J connectivity index is 0.00000121. The molecule has 0 aliphatic carbocycles. The van der Waals surface area contributed by atoms with Crippen molar-refractivity contribution in [3.63, 3.8) is 0 Å². The minimum Gasteiger partial charge on any atom is -0.414 e. The molecule has 0 unspecified atom stereocenters. The summed E-state index contributed by atoms with van der Waals surface area (Å²) in [5.74, 6) is 0.763. The summed E-state index contributed by atoms with van der Waals surface area (Å²) >= 11 is 0. The molecule has 60 valence electrons. The van der Waals surface area contributed by atoms with E-state index in [1.54, 1.807) is 0 Å². The predicted molar refractivity (Wildman–Crippen MR) is 45.6 cm³/mol. The van der Waals surface area contributed by atoms with Crippen LogP contribution in [0.15, 0.2) is 30.3 Å². The molecule has 2 nitrogen and oxygen atoms in total. The van der Waals surface area contributed by atoms with Crippen LogP contribution in [0.1, 0.15) is 0 Å². The fourth-order valence-electron chi connectivity index (χ4n) is 0.607. The Morgan fingerprint density at radius 2 is 1.67 bits per heavy atom. The average molecular weight is 174 g/mol. The van der Waals surface area contributed by atoms with Crippen LogP contribution in [-0.4, -0.2) is 9.04 Å². The van der Waals surface area contributed by atoms with Gasteiger partial charge in [0.25, 0.3) is 0 Å². The van der Waals surface area contributed by atoms with Crippen LogP contribution >= 0.6 is 0 Å². The summed E-state index contributed by atoms with van der Waals surface area (Å²) in [6.07, 6.45) is 0. The molecule has 0 atom stereocenters. The Morgan fingerprint density at radius 1 is 1.08 bits per heavy atom. The van der Waals surface area contributed by atoms with Crippen LogP contribution in [0.5, 0.6) is 5.75 Å². The molecule has 4 heteroatoms. The first-order chi connectivity index (χ1) is 5.29. The first kappa shape index (κ1) is 11.8. The fraction of sp³-hybridized carbons (Fsp3) is 0.250. The smallest absolute Gasteiger partial charge is 0.414 e. The van der Waals surface area contributed by atoms with Gasteiger partial charge in [0.05, 0.1) is 0 Å². The quantitative estimate of drug-likeness (QED) is 0.341. The van der Waals surface area contributed by atoms with Crippen LogP contribution in [0, 0.1) is 0 Å². The van der Waals surface area contributed by atoms with Crippen molar-refractivity contribution in [3.05, 3.63) is 30.3 Å². The maximum Gasteiger partial charge on any atom is 1.00 e. The normalized spacial score (nSPS) is 9.25. The third kappa shape index (κ3) is 4.63. The van der Waals surface area contributed by atoms with E-state index in [1.165, 1.54) is 0 Å². The molecule has 12 heavy (non-hydrogen) atoms. The van der Waals surface area contributed by atoms with E-state index in [1.807, 2.05) is 43.4 Å². The molecule has 0 amide bonds. The number of hydrogen-bond acceptors (Lipinski definition) is 2. The van der Waals surface area contributed by atoms with Gasteiger partial charge in [0.2, 0.25) is 0 Å². The molecule has 0 bridgehead atoms. The van der Waals surface area contributed by atoms with Crippen LogP contribution in [0.3, 0.4) is 0 Å². The molecule has 0 saturated heterocycles. The zero-order valence-electron chi connectivity index (χ0n) is 7.70. The molecule has 1 aromatic rings. The second-order valence-corrected chi connectivity index (χ2v) is 4.37. The molecule has 0 aromatic heterocycles. The standard InChI is InChI=1S/C8H11O2Si.Li/c1-11(2)10-9-8-6-4-3-5-7-8;/h3-7H,1-2H3;/q-1;+1. The molecule has 1 rings (SSSR count). The van der Waals surface area contributed by atoms with Crippen molar-refractivity contribution in [2.75, 3.05) is 0 Å².